The zero-order chi connectivity index (χ0) is 29.7. The predicted octanol–water partition coefficient (Wildman–Crippen LogP) is 4.84. The second-order valence-electron chi connectivity index (χ2n) is 10.9. The maximum absolute atomic E-state index is 14.1. The van der Waals surface area contributed by atoms with E-state index >= 15 is 0 Å². The lowest BCUT2D eigenvalue weighted by Gasteiger charge is -2.33. The van der Waals surface area contributed by atoms with E-state index in [9.17, 15) is 18.0 Å². The summed E-state index contributed by atoms with van der Waals surface area (Å²) in [6.45, 7) is 10.6. The molecule has 0 bridgehead atoms. The number of sulfonamides is 1. The molecule has 0 aliphatic rings. The van der Waals surface area contributed by atoms with E-state index in [2.05, 4.69) is 5.32 Å². The normalized spacial score (nSPS) is 12.4. The molecule has 0 saturated heterocycles. The minimum atomic E-state index is -4.18. The van der Waals surface area contributed by atoms with Gasteiger partial charge in [-0.15, -0.1) is 0 Å². The Hall–Kier alpha value is -3.85. The van der Waals surface area contributed by atoms with Gasteiger partial charge in [-0.1, -0.05) is 59.7 Å². The SMILES string of the molecule is COc1ccccc1N(CC(=O)N(Cc1cccc(C)c1)[C@@H](C)C(=O)NC(C)(C)C)S(=O)(=O)c1ccc(C)cc1. The molecule has 3 rings (SSSR count). The van der Waals surface area contributed by atoms with Crippen LogP contribution in [0.2, 0.25) is 0 Å². The molecule has 0 radical (unpaired) electrons. The lowest BCUT2D eigenvalue weighted by molar-refractivity contribution is -0.140. The second kappa shape index (κ2) is 12.6. The molecule has 40 heavy (non-hydrogen) atoms. The van der Waals surface area contributed by atoms with E-state index in [1.807, 2.05) is 58.9 Å². The lowest BCUT2D eigenvalue weighted by Crippen LogP contribution is -2.54. The maximum Gasteiger partial charge on any atom is 0.264 e. The molecule has 8 nitrogen and oxygen atoms in total. The number of rotatable bonds is 10. The van der Waals surface area contributed by atoms with Gasteiger partial charge >= 0.3 is 0 Å². The fourth-order valence-electron chi connectivity index (χ4n) is 4.25. The first-order valence-corrected chi connectivity index (χ1v) is 14.6. The molecule has 0 aromatic heterocycles. The van der Waals surface area contributed by atoms with Crippen LogP contribution >= 0.6 is 0 Å². The number of benzene rings is 3. The van der Waals surface area contributed by atoms with Crippen LogP contribution in [0.15, 0.2) is 77.7 Å². The van der Waals surface area contributed by atoms with Crippen molar-refractivity contribution < 1.29 is 22.7 Å². The number of methoxy groups -OCH3 is 1. The second-order valence-corrected chi connectivity index (χ2v) is 12.8. The molecule has 0 heterocycles. The van der Waals surface area contributed by atoms with Crippen LogP contribution in [0.1, 0.15) is 44.4 Å². The maximum atomic E-state index is 14.1. The van der Waals surface area contributed by atoms with Gasteiger partial charge in [-0.05, 0) is 71.4 Å². The van der Waals surface area contributed by atoms with Crippen molar-refractivity contribution in [1.82, 2.24) is 10.2 Å². The monoisotopic (exact) mass is 565 g/mol. The Bertz CT molecular complexity index is 1450. The van der Waals surface area contributed by atoms with Crippen molar-refractivity contribution in [3.8, 4) is 5.75 Å². The van der Waals surface area contributed by atoms with Gasteiger partial charge in [-0.25, -0.2) is 8.42 Å². The molecular weight excluding hydrogens is 526 g/mol. The lowest BCUT2D eigenvalue weighted by atomic mass is 10.1. The van der Waals surface area contributed by atoms with Crippen molar-refractivity contribution in [3.63, 3.8) is 0 Å². The summed E-state index contributed by atoms with van der Waals surface area (Å²) in [5.41, 5.74) is 2.45. The van der Waals surface area contributed by atoms with Crippen LogP contribution in [0.4, 0.5) is 5.69 Å². The van der Waals surface area contributed by atoms with Crippen LogP contribution in [-0.2, 0) is 26.2 Å². The smallest absolute Gasteiger partial charge is 0.264 e. The molecule has 1 N–H and O–H groups in total. The van der Waals surface area contributed by atoms with E-state index in [-0.39, 0.29) is 23.0 Å². The number of carbonyl (C=O) groups is 2. The van der Waals surface area contributed by atoms with Gasteiger partial charge in [0.25, 0.3) is 10.0 Å². The van der Waals surface area contributed by atoms with Crippen LogP contribution in [-0.4, -0.2) is 50.4 Å². The quantitative estimate of drug-likeness (QED) is 0.380. The van der Waals surface area contributed by atoms with E-state index in [1.54, 1.807) is 43.3 Å². The molecule has 0 aliphatic heterocycles. The van der Waals surface area contributed by atoms with E-state index in [1.165, 1.54) is 24.1 Å². The Balaban J connectivity index is 2.08. The largest absolute Gasteiger partial charge is 0.495 e. The summed E-state index contributed by atoms with van der Waals surface area (Å²) in [6, 6.07) is 19.9. The highest BCUT2D eigenvalue weighted by molar-refractivity contribution is 7.92. The number of nitrogens with zero attached hydrogens (tertiary/aromatic N) is 2. The summed E-state index contributed by atoms with van der Waals surface area (Å²) in [6.07, 6.45) is 0. The fourth-order valence-corrected chi connectivity index (χ4v) is 5.68. The number of nitrogens with one attached hydrogen (secondary N) is 1. The number of aryl methyl sites for hydroxylation is 2. The molecule has 9 heteroatoms. The number of para-hydroxylation sites is 2. The van der Waals surface area contributed by atoms with Gasteiger partial charge in [0.1, 0.15) is 18.3 Å². The highest BCUT2D eigenvalue weighted by Gasteiger charge is 2.34. The molecule has 3 aromatic carbocycles. The van der Waals surface area contributed by atoms with E-state index in [0.29, 0.717) is 5.75 Å². The number of hydrogen-bond acceptors (Lipinski definition) is 5. The van der Waals surface area contributed by atoms with Gasteiger partial charge in [0, 0.05) is 12.1 Å². The standard InChI is InChI=1S/C31H39N3O5S/c1-22-15-17-26(18-16-22)40(37,38)34(27-13-8-9-14-28(27)39-7)21-29(35)33(20-25-12-10-11-23(2)19-25)24(3)30(36)32-31(4,5)6/h8-19,24H,20-21H2,1-7H3,(H,32,36)/t24-/m0/s1. The number of carbonyl (C=O) groups excluding carboxylic acids is 2. The van der Waals surface area contributed by atoms with Crippen molar-refractivity contribution in [2.24, 2.45) is 0 Å². The number of ether oxygens (including phenoxy) is 1. The van der Waals surface area contributed by atoms with Crippen LogP contribution in [0, 0.1) is 13.8 Å². The average Bonchev–Trinajstić information content (AvgIpc) is 2.89. The van der Waals surface area contributed by atoms with E-state index in [0.717, 1.165) is 21.0 Å². The van der Waals surface area contributed by atoms with Gasteiger partial charge in [0.05, 0.1) is 17.7 Å². The Morgan fingerprint density at radius 1 is 0.925 bits per heavy atom. The Morgan fingerprint density at radius 3 is 2.17 bits per heavy atom. The molecule has 214 valence electrons. The van der Waals surface area contributed by atoms with E-state index in [4.69, 9.17) is 4.74 Å². The van der Waals surface area contributed by atoms with Gasteiger partial charge in [0.15, 0.2) is 0 Å². The summed E-state index contributed by atoms with van der Waals surface area (Å²) in [5.74, 6) is -0.562. The van der Waals surface area contributed by atoms with Gasteiger partial charge in [0.2, 0.25) is 11.8 Å². The predicted molar refractivity (Wildman–Crippen MR) is 158 cm³/mol. The molecule has 0 spiro atoms. The Morgan fingerprint density at radius 2 is 1.57 bits per heavy atom. The summed E-state index contributed by atoms with van der Waals surface area (Å²) < 4.78 is 34.5. The average molecular weight is 566 g/mol. The Kier molecular flexibility index (Phi) is 9.63. The first-order valence-electron chi connectivity index (χ1n) is 13.1. The minimum Gasteiger partial charge on any atom is -0.495 e. The number of hydrogen-bond donors (Lipinski definition) is 1. The topological polar surface area (TPSA) is 96.0 Å². The minimum absolute atomic E-state index is 0.0422. The van der Waals surface area contributed by atoms with Crippen LogP contribution in [0.25, 0.3) is 0 Å². The fraction of sp³-hybridized carbons (Fsp3) is 0.355. The highest BCUT2D eigenvalue weighted by atomic mass is 32.2. The van der Waals surface area contributed by atoms with Crippen LogP contribution < -0.4 is 14.4 Å². The molecule has 3 aromatic rings. The summed E-state index contributed by atoms with van der Waals surface area (Å²) >= 11 is 0. The molecule has 0 fully saturated rings. The van der Waals surface area contributed by atoms with Gasteiger partial charge in [-0.3, -0.25) is 13.9 Å². The molecular formula is C31H39N3O5S. The van der Waals surface area contributed by atoms with Crippen molar-refractivity contribution in [2.75, 3.05) is 18.0 Å². The van der Waals surface area contributed by atoms with Crippen LogP contribution in [0.3, 0.4) is 0 Å². The molecule has 1 atom stereocenters. The third-order valence-corrected chi connectivity index (χ3v) is 8.12. The van der Waals surface area contributed by atoms with E-state index < -0.39 is 34.1 Å². The molecule has 0 unspecified atom stereocenters. The summed E-state index contributed by atoms with van der Waals surface area (Å²) in [4.78, 5) is 28.7. The first-order chi connectivity index (χ1) is 18.7. The zero-order valence-corrected chi connectivity index (χ0v) is 25.1. The summed E-state index contributed by atoms with van der Waals surface area (Å²) in [7, 11) is -2.74. The number of amides is 2. The van der Waals surface area contributed by atoms with Crippen LogP contribution in [0.5, 0.6) is 5.75 Å². The van der Waals surface area contributed by atoms with Crippen molar-refractivity contribution in [3.05, 3.63) is 89.5 Å². The van der Waals surface area contributed by atoms with Crippen molar-refractivity contribution in [2.45, 2.75) is 64.6 Å². The van der Waals surface area contributed by atoms with Gasteiger partial charge < -0.3 is 15.0 Å². The highest BCUT2D eigenvalue weighted by Crippen LogP contribution is 2.32. The van der Waals surface area contributed by atoms with Crippen molar-refractivity contribution in [1.29, 1.82) is 0 Å². The third-order valence-electron chi connectivity index (χ3n) is 6.34. The zero-order valence-electron chi connectivity index (χ0n) is 24.3. The molecule has 0 aliphatic carbocycles. The van der Waals surface area contributed by atoms with Gasteiger partial charge in [-0.2, -0.15) is 0 Å². The molecule has 2 amide bonds. The van der Waals surface area contributed by atoms with Crippen molar-refractivity contribution >= 4 is 27.5 Å². The molecule has 0 saturated carbocycles. The summed E-state index contributed by atoms with van der Waals surface area (Å²) in [5, 5.41) is 2.93. The third kappa shape index (κ3) is 7.63. The Labute approximate surface area is 238 Å². The number of anilines is 1. The first kappa shape index (κ1) is 30.7.